The van der Waals surface area contributed by atoms with Crippen LogP contribution in [0, 0.1) is 40.4 Å². The van der Waals surface area contributed by atoms with Gasteiger partial charge in [0.15, 0.2) is 0 Å². The summed E-state index contributed by atoms with van der Waals surface area (Å²) in [7, 11) is -2.28. The van der Waals surface area contributed by atoms with E-state index in [1.807, 2.05) is 53.7 Å². The zero-order chi connectivity index (χ0) is 43.5. The maximum atomic E-state index is 15.0. The van der Waals surface area contributed by atoms with Crippen molar-refractivity contribution < 1.29 is 37.1 Å². The molecule has 2 saturated carbocycles. The van der Waals surface area contributed by atoms with Gasteiger partial charge in [-0.3, -0.25) is 19.2 Å². The molecular formula is C44H64N6O8S. The van der Waals surface area contributed by atoms with Crippen LogP contribution in [0.4, 0.5) is 4.79 Å². The molecule has 2 saturated heterocycles. The van der Waals surface area contributed by atoms with Crippen molar-refractivity contribution >= 4 is 39.6 Å². The molecule has 7 atom stereocenters. The summed E-state index contributed by atoms with van der Waals surface area (Å²) in [6, 6.07) is 2.59. The number of carbonyl (C=O) groups excluding carboxylic acids is 5. The van der Waals surface area contributed by atoms with Crippen molar-refractivity contribution in [1.29, 1.82) is 0 Å². The number of hydrogen-bond acceptors (Lipinski definition) is 8. The highest BCUT2D eigenvalue weighted by atomic mass is 32.2. The second-order valence-electron chi connectivity index (χ2n) is 18.7. The summed E-state index contributed by atoms with van der Waals surface area (Å²) in [5.41, 5.74) is -0.785. The van der Waals surface area contributed by atoms with Gasteiger partial charge < -0.3 is 30.9 Å². The molecule has 0 aromatic heterocycles. The van der Waals surface area contributed by atoms with Gasteiger partial charge in [-0.25, -0.2) is 13.2 Å². The number of Topliss-reactive ketones (excluding diaryl/α,β-unsaturated/α-hetero) is 1. The van der Waals surface area contributed by atoms with Crippen LogP contribution >= 0.6 is 0 Å². The summed E-state index contributed by atoms with van der Waals surface area (Å²) in [5, 5.41) is 10.4. The third-order valence-electron chi connectivity index (χ3n) is 13.3. The summed E-state index contributed by atoms with van der Waals surface area (Å²) in [6.45, 7) is 16.1. The van der Waals surface area contributed by atoms with Gasteiger partial charge in [0.2, 0.25) is 27.6 Å². The minimum absolute atomic E-state index is 0.00490. The predicted octanol–water partition coefficient (Wildman–Crippen LogP) is 3.90. The molecule has 4 aliphatic rings. The summed E-state index contributed by atoms with van der Waals surface area (Å²) in [4.78, 5) is 71.0. The quantitative estimate of drug-likeness (QED) is 0.110. The number of ketones is 1. The number of ether oxygens (including phenoxy) is 1. The largest absolute Gasteiger partial charge is 0.497 e. The molecule has 0 bridgehead atoms. The van der Waals surface area contributed by atoms with Crippen molar-refractivity contribution in [3.8, 4) is 18.1 Å². The Labute approximate surface area is 350 Å². The number of benzene rings is 1. The van der Waals surface area contributed by atoms with Crippen molar-refractivity contribution in [1.82, 2.24) is 30.5 Å². The van der Waals surface area contributed by atoms with E-state index in [0.29, 0.717) is 31.6 Å². The summed E-state index contributed by atoms with van der Waals surface area (Å²) in [5.74, 6) is 0.250. The molecule has 1 aromatic rings. The van der Waals surface area contributed by atoms with Gasteiger partial charge in [0.05, 0.1) is 24.4 Å². The molecule has 4 fully saturated rings. The molecule has 15 heteroatoms. The topological polar surface area (TPSA) is 183 Å². The number of carbonyl (C=O) groups is 5. The Kier molecular flexibility index (Phi) is 14.0. The van der Waals surface area contributed by atoms with Gasteiger partial charge in [-0.05, 0) is 71.5 Å². The molecule has 4 N–H and O–H groups in total. The number of rotatable bonds is 16. The fraction of sp³-hybridized carbons (Fsp3) is 0.659. The average molecular weight is 837 g/mol. The monoisotopic (exact) mass is 836 g/mol. The SMILES string of the molecule is C#CCCC(NC(=O)[C@@H]1[C@@H]2[C@H](CN1C(=O)[C@@H](NC(=O)N[C@@H]([C@@H]1CCN(Cc3ccc(OC)cc3)S1(=O)=O)C(C)(C)C)C1(C)CCCCC1)C2(C)C)C(=O)C(=O)NCC=C. The van der Waals surface area contributed by atoms with Crippen molar-refractivity contribution in [3.05, 3.63) is 42.5 Å². The normalized spacial score (nSPS) is 25.6. The molecule has 2 heterocycles. The second kappa shape index (κ2) is 18.1. The Morgan fingerprint density at radius 3 is 2.29 bits per heavy atom. The zero-order valence-corrected chi connectivity index (χ0v) is 36.6. The molecule has 1 unspecified atom stereocenters. The molecule has 5 amide bonds. The molecule has 324 valence electrons. The Bertz CT molecular complexity index is 1910. The van der Waals surface area contributed by atoms with E-state index in [0.717, 1.165) is 24.8 Å². The molecule has 2 aliphatic carbocycles. The molecule has 59 heavy (non-hydrogen) atoms. The lowest BCUT2D eigenvalue weighted by molar-refractivity contribution is -0.146. The third-order valence-corrected chi connectivity index (χ3v) is 15.6. The van der Waals surface area contributed by atoms with Crippen molar-refractivity contribution in [2.24, 2.45) is 28.1 Å². The van der Waals surface area contributed by atoms with E-state index in [-0.39, 0.29) is 49.7 Å². The second-order valence-corrected chi connectivity index (χ2v) is 20.9. The molecule has 2 aliphatic heterocycles. The van der Waals surface area contributed by atoms with Crippen LogP contribution in [-0.4, -0.2) is 103 Å². The van der Waals surface area contributed by atoms with Crippen LogP contribution in [0.3, 0.4) is 0 Å². The van der Waals surface area contributed by atoms with E-state index in [4.69, 9.17) is 11.2 Å². The number of hydrogen-bond donors (Lipinski definition) is 4. The van der Waals surface area contributed by atoms with Gasteiger partial charge in [-0.1, -0.05) is 79.0 Å². The molecule has 0 spiro atoms. The average Bonchev–Trinajstić information content (AvgIpc) is 3.43. The van der Waals surface area contributed by atoms with Crippen LogP contribution in [-0.2, 0) is 35.7 Å². The minimum Gasteiger partial charge on any atom is -0.497 e. The van der Waals surface area contributed by atoms with E-state index in [1.54, 1.807) is 24.1 Å². The standard InChI is InChI=1S/C44H64N6O8S/c1-10-12-16-31(35(51)39(53)45-24-11-2)46-38(52)34-33-30(43(33,6)7)27-50(34)40(54)37(44(8)22-14-13-15-23-44)48-41(55)47-36(42(3,4)5)32-21-25-49(59(32,56)57)26-28-17-19-29(58-9)20-18-28/h1,11,17-20,30-34,36-37H,2,12-16,21-27H2,3-9H3,(H,45,53)(H,46,52)(H2,47,48,55)/t30-,31?,32-,33-,34-,36-,37+/m0/s1. The van der Waals surface area contributed by atoms with Crippen LogP contribution < -0.4 is 26.0 Å². The Morgan fingerprint density at radius 2 is 1.69 bits per heavy atom. The summed E-state index contributed by atoms with van der Waals surface area (Å²) >= 11 is 0. The number of fused-ring (bicyclic) bond motifs is 1. The Hall–Kier alpha value is -4.42. The van der Waals surface area contributed by atoms with Gasteiger partial charge in [-0.15, -0.1) is 18.9 Å². The number of likely N-dealkylation sites (tertiary alicyclic amines) is 1. The molecule has 14 nitrogen and oxygen atoms in total. The van der Waals surface area contributed by atoms with Crippen molar-refractivity contribution in [2.75, 3.05) is 26.7 Å². The van der Waals surface area contributed by atoms with Gasteiger partial charge in [-0.2, -0.15) is 4.31 Å². The van der Waals surface area contributed by atoms with Gasteiger partial charge in [0, 0.05) is 32.6 Å². The van der Waals surface area contributed by atoms with Gasteiger partial charge in [0.25, 0.3) is 5.91 Å². The highest BCUT2D eigenvalue weighted by Crippen LogP contribution is 2.65. The van der Waals surface area contributed by atoms with Crippen LogP contribution in [0.15, 0.2) is 36.9 Å². The lowest BCUT2D eigenvalue weighted by Crippen LogP contribution is -2.64. The van der Waals surface area contributed by atoms with Crippen molar-refractivity contribution in [3.63, 3.8) is 0 Å². The number of nitrogens with zero attached hydrogens (tertiary/aromatic N) is 2. The molecule has 1 aromatic carbocycles. The summed E-state index contributed by atoms with van der Waals surface area (Å²) < 4.78 is 34.9. The highest BCUT2D eigenvalue weighted by Gasteiger charge is 2.70. The van der Waals surface area contributed by atoms with Gasteiger partial charge >= 0.3 is 6.03 Å². The number of urea groups is 1. The number of methoxy groups -OCH3 is 1. The first-order chi connectivity index (χ1) is 27.7. The van der Waals surface area contributed by atoms with Crippen LogP contribution in [0.1, 0.15) is 98.5 Å². The Balaban J connectivity index is 1.38. The van der Waals surface area contributed by atoms with Crippen LogP contribution in [0.2, 0.25) is 0 Å². The minimum atomic E-state index is -3.85. The first kappa shape index (κ1) is 45.7. The first-order valence-corrected chi connectivity index (χ1v) is 22.4. The van der Waals surface area contributed by atoms with Crippen LogP contribution in [0.5, 0.6) is 5.75 Å². The lowest BCUT2D eigenvalue weighted by atomic mass is 9.70. The zero-order valence-electron chi connectivity index (χ0n) is 35.8. The van der Waals surface area contributed by atoms with E-state index in [1.165, 1.54) is 10.4 Å². The van der Waals surface area contributed by atoms with E-state index >= 15 is 4.79 Å². The molecular weight excluding hydrogens is 773 g/mol. The Morgan fingerprint density at radius 1 is 1.03 bits per heavy atom. The maximum absolute atomic E-state index is 15.0. The number of piperidine rings is 1. The fourth-order valence-electron chi connectivity index (χ4n) is 9.69. The lowest BCUT2D eigenvalue weighted by Gasteiger charge is -2.43. The van der Waals surface area contributed by atoms with Crippen molar-refractivity contribution in [2.45, 2.75) is 129 Å². The van der Waals surface area contributed by atoms with Crippen LogP contribution in [0.25, 0.3) is 0 Å². The number of sulfonamides is 1. The van der Waals surface area contributed by atoms with E-state index in [2.05, 4.69) is 33.8 Å². The van der Waals surface area contributed by atoms with E-state index in [9.17, 15) is 27.6 Å². The third kappa shape index (κ3) is 9.80. The fourth-order valence-corrected chi connectivity index (χ4v) is 12.0. The predicted molar refractivity (Wildman–Crippen MR) is 225 cm³/mol. The van der Waals surface area contributed by atoms with Gasteiger partial charge in [0.1, 0.15) is 17.8 Å². The van der Waals surface area contributed by atoms with E-state index < -0.39 is 79.8 Å². The molecule has 5 rings (SSSR count). The maximum Gasteiger partial charge on any atom is 0.315 e. The summed E-state index contributed by atoms with van der Waals surface area (Å²) in [6.07, 6.45) is 11.4. The number of terminal acetylenes is 1. The number of nitrogens with one attached hydrogen (secondary N) is 4. The highest BCUT2D eigenvalue weighted by molar-refractivity contribution is 7.90. The smallest absolute Gasteiger partial charge is 0.315 e. The first-order valence-electron chi connectivity index (χ1n) is 20.9. The number of amides is 5. The molecule has 0 radical (unpaired) electrons.